The van der Waals surface area contributed by atoms with Gasteiger partial charge >= 0.3 is 5.97 Å². The molecular formula is C17H13BrClIN2O4S. The van der Waals surface area contributed by atoms with Gasteiger partial charge in [0.15, 0.2) is 6.61 Å². The van der Waals surface area contributed by atoms with E-state index in [2.05, 4.69) is 49.0 Å². The number of carboxylic acid groups (broad SMARTS) is 1. The van der Waals surface area contributed by atoms with Crippen molar-refractivity contribution in [2.24, 2.45) is 5.10 Å². The monoisotopic (exact) mass is 582 g/mol. The second kappa shape index (κ2) is 10.9. The minimum absolute atomic E-state index is 0.192. The number of thioether (sulfide) groups is 1. The van der Waals surface area contributed by atoms with Gasteiger partial charge in [-0.15, -0.1) is 11.8 Å². The Kier molecular flexibility index (Phi) is 8.87. The van der Waals surface area contributed by atoms with Crippen molar-refractivity contribution in [3.8, 4) is 5.75 Å². The van der Waals surface area contributed by atoms with Gasteiger partial charge in [-0.25, -0.2) is 10.2 Å². The second-order valence-electron chi connectivity index (χ2n) is 5.02. The van der Waals surface area contributed by atoms with E-state index in [1.807, 2.05) is 12.1 Å². The average molecular weight is 584 g/mol. The topological polar surface area (TPSA) is 88.0 Å². The van der Waals surface area contributed by atoms with E-state index in [1.54, 1.807) is 24.3 Å². The lowest BCUT2D eigenvalue weighted by molar-refractivity contribution is -0.139. The van der Waals surface area contributed by atoms with Gasteiger partial charge in [0, 0.05) is 19.1 Å². The van der Waals surface area contributed by atoms with Crippen LogP contribution in [0.4, 0.5) is 0 Å². The number of carboxylic acids is 1. The van der Waals surface area contributed by atoms with Gasteiger partial charge in [0.2, 0.25) is 5.91 Å². The third kappa shape index (κ3) is 7.68. The minimum atomic E-state index is -1.09. The standard InChI is InChI=1S/C17H13BrClIN2O4S/c18-14-6-12(20)5-10(17(14)26-8-16(24)25)7-21-22-15(23)9-27-13-3-1-11(19)2-4-13/h1-7H,8-9H2,(H,22,23)(H,24,25)/b21-7-. The molecule has 2 aromatic rings. The van der Waals surface area contributed by atoms with Crippen LogP contribution in [0.3, 0.4) is 0 Å². The summed E-state index contributed by atoms with van der Waals surface area (Å²) in [6.45, 7) is -0.482. The number of carbonyl (C=O) groups excluding carboxylic acids is 1. The maximum absolute atomic E-state index is 11.9. The van der Waals surface area contributed by atoms with Crippen molar-refractivity contribution >= 4 is 80.0 Å². The second-order valence-corrected chi connectivity index (χ2v) is 8.61. The van der Waals surface area contributed by atoms with Crippen LogP contribution in [0.5, 0.6) is 5.75 Å². The Balaban J connectivity index is 1.96. The highest BCUT2D eigenvalue weighted by Crippen LogP contribution is 2.30. The van der Waals surface area contributed by atoms with Crippen molar-refractivity contribution in [3.63, 3.8) is 0 Å². The molecular weight excluding hydrogens is 571 g/mol. The van der Waals surface area contributed by atoms with Gasteiger partial charge in [-0.2, -0.15) is 5.10 Å². The summed E-state index contributed by atoms with van der Waals surface area (Å²) in [5.74, 6) is -0.830. The summed E-state index contributed by atoms with van der Waals surface area (Å²) in [7, 11) is 0. The fourth-order valence-electron chi connectivity index (χ4n) is 1.85. The molecule has 27 heavy (non-hydrogen) atoms. The summed E-state index contributed by atoms with van der Waals surface area (Å²) in [5, 5.41) is 13.4. The van der Waals surface area contributed by atoms with Crippen molar-refractivity contribution in [3.05, 3.63) is 55.0 Å². The first-order valence-corrected chi connectivity index (χ1v) is 10.6. The maximum Gasteiger partial charge on any atom is 0.341 e. The first kappa shape index (κ1) is 22.0. The van der Waals surface area contributed by atoms with Crippen LogP contribution in [0.1, 0.15) is 5.56 Å². The van der Waals surface area contributed by atoms with Crippen LogP contribution in [0.25, 0.3) is 0 Å². The zero-order chi connectivity index (χ0) is 19.8. The molecule has 1 amide bonds. The molecule has 0 unspecified atom stereocenters. The molecule has 2 aromatic carbocycles. The highest BCUT2D eigenvalue weighted by atomic mass is 127. The van der Waals surface area contributed by atoms with E-state index in [4.69, 9.17) is 21.4 Å². The van der Waals surface area contributed by atoms with Gasteiger partial charge in [-0.05, 0) is 74.9 Å². The van der Waals surface area contributed by atoms with Crippen molar-refractivity contribution < 1.29 is 19.4 Å². The van der Waals surface area contributed by atoms with Gasteiger partial charge in [0.05, 0.1) is 16.4 Å². The number of hydrogen-bond donors (Lipinski definition) is 2. The third-order valence-corrected chi connectivity index (χ3v) is 5.43. The Morgan fingerprint density at radius 1 is 1.33 bits per heavy atom. The highest BCUT2D eigenvalue weighted by molar-refractivity contribution is 14.1. The van der Waals surface area contributed by atoms with Gasteiger partial charge in [-0.3, -0.25) is 4.79 Å². The molecule has 0 aromatic heterocycles. The number of carbonyl (C=O) groups is 2. The number of halogens is 3. The number of ether oxygens (including phenoxy) is 1. The van der Waals surface area contributed by atoms with E-state index in [0.29, 0.717) is 20.8 Å². The molecule has 2 N–H and O–H groups in total. The predicted octanol–water partition coefficient (Wildman–Crippen LogP) is 4.41. The number of nitrogens with zero attached hydrogens (tertiary/aromatic N) is 1. The zero-order valence-electron chi connectivity index (χ0n) is 13.6. The number of aliphatic carboxylic acids is 1. The van der Waals surface area contributed by atoms with Crippen LogP contribution in [-0.4, -0.2) is 35.6 Å². The smallest absolute Gasteiger partial charge is 0.341 e. The Labute approximate surface area is 187 Å². The molecule has 0 aliphatic carbocycles. The van der Waals surface area contributed by atoms with E-state index >= 15 is 0 Å². The molecule has 0 saturated heterocycles. The quantitative estimate of drug-likeness (QED) is 0.208. The van der Waals surface area contributed by atoms with E-state index in [1.165, 1.54) is 18.0 Å². The Bertz CT molecular complexity index is 865. The molecule has 0 saturated carbocycles. The molecule has 0 aliphatic rings. The lowest BCUT2D eigenvalue weighted by atomic mass is 10.2. The summed E-state index contributed by atoms with van der Waals surface area (Å²) in [4.78, 5) is 23.6. The van der Waals surface area contributed by atoms with Gasteiger partial charge in [0.1, 0.15) is 5.75 Å². The minimum Gasteiger partial charge on any atom is -0.480 e. The molecule has 142 valence electrons. The number of rotatable bonds is 8. The molecule has 0 fully saturated rings. The summed E-state index contributed by atoms with van der Waals surface area (Å²) >= 11 is 12.6. The summed E-state index contributed by atoms with van der Waals surface area (Å²) in [6, 6.07) is 10.7. The molecule has 0 radical (unpaired) electrons. The number of nitrogens with one attached hydrogen (secondary N) is 1. The molecule has 0 heterocycles. The summed E-state index contributed by atoms with van der Waals surface area (Å²) in [6.07, 6.45) is 1.41. The van der Waals surface area contributed by atoms with Crippen molar-refractivity contribution in [2.45, 2.75) is 4.90 Å². The lowest BCUT2D eigenvalue weighted by Gasteiger charge is -2.10. The third-order valence-electron chi connectivity index (χ3n) is 2.95. The van der Waals surface area contributed by atoms with E-state index < -0.39 is 12.6 Å². The van der Waals surface area contributed by atoms with E-state index in [-0.39, 0.29) is 11.7 Å². The predicted molar refractivity (Wildman–Crippen MR) is 118 cm³/mol. The Morgan fingerprint density at radius 2 is 2.04 bits per heavy atom. The van der Waals surface area contributed by atoms with E-state index in [9.17, 15) is 9.59 Å². The van der Waals surface area contributed by atoms with Gasteiger partial charge in [0.25, 0.3) is 0 Å². The van der Waals surface area contributed by atoms with Crippen molar-refractivity contribution in [2.75, 3.05) is 12.4 Å². The first-order chi connectivity index (χ1) is 12.8. The fraction of sp³-hybridized carbons (Fsp3) is 0.118. The SMILES string of the molecule is O=C(O)COc1c(Br)cc(I)cc1/C=N\NC(=O)CSc1ccc(Cl)cc1. The Morgan fingerprint density at radius 3 is 2.70 bits per heavy atom. The van der Waals surface area contributed by atoms with Gasteiger partial charge < -0.3 is 9.84 Å². The summed E-state index contributed by atoms with van der Waals surface area (Å²) in [5.41, 5.74) is 2.98. The lowest BCUT2D eigenvalue weighted by Crippen LogP contribution is -2.19. The first-order valence-electron chi connectivity index (χ1n) is 7.39. The van der Waals surface area contributed by atoms with Crippen LogP contribution in [-0.2, 0) is 9.59 Å². The Hall–Kier alpha value is -1.30. The van der Waals surface area contributed by atoms with Crippen LogP contribution in [0, 0.1) is 3.57 Å². The van der Waals surface area contributed by atoms with Crippen molar-refractivity contribution in [1.82, 2.24) is 5.43 Å². The molecule has 2 rings (SSSR count). The normalized spacial score (nSPS) is 10.8. The maximum atomic E-state index is 11.9. The zero-order valence-corrected chi connectivity index (χ0v) is 18.9. The number of amides is 1. The van der Waals surface area contributed by atoms with E-state index in [0.717, 1.165) is 8.47 Å². The molecule has 0 bridgehead atoms. The number of hydrazone groups is 1. The number of benzene rings is 2. The highest BCUT2D eigenvalue weighted by Gasteiger charge is 2.11. The molecule has 0 atom stereocenters. The van der Waals surface area contributed by atoms with Crippen LogP contribution in [0.15, 0.2) is 50.9 Å². The summed E-state index contributed by atoms with van der Waals surface area (Å²) < 4.78 is 6.78. The average Bonchev–Trinajstić information content (AvgIpc) is 2.60. The van der Waals surface area contributed by atoms with Crippen LogP contribution < -0.4 is 10.2 Å². The van der Waals surface area contributed by atoms with Crippen LogP contribution >= 0.6 is 61.9 Å². The largest absolute Gasteiger partial charge is 0.480 e. The van der Waals surface area contributed by atoms with Gasteiger partial charge in [-0.1, -0.05) is 11.6 Å². The molecule has 0 spiro atoms. The molecule has 0 aliphatic heterocycles. The number of hydrogen-bond acceptors (Lipinski definition) is 5. The molecule has 6 nitrogen and oxygen atoms in total. The van der Waals surface area contributed by atoms with Crippen LogP contribution in [0.2, 0.25) is 5.02 Å². The molecule has 10 heteroatoms. The fourth-order valence-corrected chi connectivity index (χ4v) is 4.33. The van der Waals surface area contributed by atoms with Crippen molar-refractivity contribution in [1.29, 1.82) is 0 Å².